The van der Waals surface area contributed by atoms with E-state index in [1.165, 1.54) is 12.1 Å². The van der Waals surface area contributed by atoms with Gasteiger partial charge in [0.05, 0.1) is 11.8 Å². The van der Waals surface area contributed by atoms with Crippen LogP contribution in [0.3, 0.4) is 0 Å². The molecule has 1 heterocycles. The largest absolute Gasteiger partial charge is 0.486 e. The normalized spacial score (nSPS) is 9.95. The molecule has 0 fully saturated rings. The third-order valence-corrected chi connectivity index (χ3v) is 2.60. The topological polar surface area (TPSA) is 39.9 Å². The highest BCUT2D eigenvalue weighted by Gasteiger charge is 2.05. The Balaban J connectivity index is 2.12. The van der Waals surface area contributed by atoms with Gasteiger partial charge < -0.3 is 4.74 Å². The lowest BCUT2D eigenvalue weighted by molar-refractivity contribution is 0.300. The minimum Gasteiger partial charge on any atom is -0.486 e. The van der Waals surface area contributed by atoms with Gasteiger partial charge in [0.1, 0.15) is 23.9 Å². The zero-order chi connectivity index (χ0) is 14.4. The lowest BCUT2D eigenvalue weighted by Crippen LogP contribution is -1.98. The van der Waals surface area contributed by atoms with Gasteiger partial charge in [-0.05, 0) is 18.2 Å². The smallest absolute Gasteiger partial charge is 0.135 e. The number of alkyl halides is 1. The standard InChI is InChI=1S/C14H13ClFN3O/c1-19-9-13(17-18-19)10-20-14-6-5-12(16)8-11(14)4-2-3-7-15/h5-6,8-9H,3,7,10H2,1H3. The Bertz CT molecular complexity index is 645. The van der Waals surface area contributed by atoms with Crippen LogP contribution < -0.4 is 4.74 Å². The molecule has 0 unspecified atom stereocenters. The van der Waals surface area contributed by atoms with Crippen LogP contribution in [0.4, 0.5) is 4.39 Å². The summed E-state index contributed by atoms with van der Waals surface area (Å²) in [6.07, 6.45) is 2.30. The first-order valence-electron chi connectivity index (χ1n) is 6.01. The number of hydrogen-bond acceptors (Lipinski definition) is 3. The van der Waals surface area contributed by atoms with Crippen LogP contribution in [0.2, 0.25) is 0 Å². The molecular formula is C14H13ClFN3O. The van der Waals surface area contributed by atoms with Crippen molar-refractivity contribution in [3.8, 4) is 17.6 Å². The molecule has 0 atom stereocenters. The molecule has 0 amide bonds. The van der Waals surface area contributed by atoms with Crippen molar-refractivity contribution < 1.29 is 9.13 Å². The van der Waals surface area contributed by atoms with E-state index in [0.717, 1.165) is 0 Å². The third-order valence-electron chi connectivity index (χ3n) is 2.41. The number of benzene rings is 1. The van der Waals surface area contributed by atoms with Gasteiger partial charge in [-0.2, -0.15) is 0 Å². The van der Waals surface area contributed by atoms with E-state index in [9.17, 15) is 4.39 Å². The molecule has 1 aromatic heterocycles. The summed E-state index contributed by atoms with van der Waals surface area (Å²) in [5.41, 5.74) is 1.19. The van der Waals surface area contributed by atoms with Crippen LogP contribution >= 0.6 is 11.6 Å². The van der Waals surface area contributed by atoms with Crippen molar-refractivity contribution >= 4 is 11.6 Å². The molecule has 2 rings (SSSR count). The number of ether oxygens (including phenoxy) is 1. The number of nitrogens with zero attached hydrogens (tertiary/aromatic N) is 3. The van der Waals surface area contributed by atoms with Crippen molar-refractivity contribution in [1.82, 2.24) is 15.0 Å². The Morgan fingerprint density at radius 3 is 3.00 bits per heavy atom. The summed E-state index contributed by atoms with van der Waals surface area (Å²) in [5.74, 6) is 6.32. The minimum absolute atomic E-state index is 0.254. The quantitative estimate of drug-likeness (QED) is 0.642. The average molecular weight is 294 g/mol. The van der Waals surface area contributed by atoms with Crippen molar-refractivity contribution in [2.45, 2.75) is 13.0 Å². The van der Waals surface area contributed by atoms with Crippen LogP contribution in [0.25, 0.3) is 0 Å². The van der Waals surface area contributed by atoms with Crippen LogP contribution in [0.1, 0.15) is 17.7 Å². The van der Waals surface area contributed by atoms with E-state index < -0.39 is 0 Å². The van der Waals surface area contributed by atoms with Crippen molar-refractivity contribution in [1.29, 1.82) is 0 Å². The fourth-order valence-corrected chi connectivity index (χ4v) is 1.64. The van der Waals surface area contributed by atoms with Crippen LogP contribution in [-0.2, 0) is 13.7 Å². The molecule has 0 saturated carbocycles. The molecule has 104 valence electrons. The van der Waals surface area contributed by atoms with Gasteiger partial charge in [-0.15, -0.1) is 16.7 Å². The first-order chi connectivity index (χ1) is 9.69. The average Bonchev–Trinajstić information content (AvgIpc) is 2.84. The summed E-state index contributed by atoms with van der Waals surface area (Å²) in [7, 11) is 1.78. The molecule has 0 aliphatic heterocycles. The molecule has 20 heavy (non-hydrogen) atoms. The Morgan fingerprint density at radius 1 is 1.45 bits per heavy atom. The summed E-state index contributed by atoms with van der Waals surface area (Å²) in [5, 5.41) is 7.72. The maximum atomic E-state index is 13.2. The summed E-state index contributed by atoms with van der Waals surface area (Å²) in [6, 6.07) is 4.22. The highest BCUT2D eigenvalue weighted by atomic mass is 35.5. The van der Waals surface area contributed by atoms with E-state index in [0.29, 0.717) is 29.3 Å². The van der Waals surface area contributed by atoms with E-state index in [-0.39, 0.29) is 12.4 Å². The highest BCUT2D eigenvalue weighted by Crippen LogP contribution is 2.19. The first kappa shape index (κ1) is 14.4. The van der Waals surface area contributed by atoms with Gasteiger partial charge in [0.25, 0.3) is 0 Å². The maximum Gasteiger partial charge on any atom is 0.135 e. The Hall–Kier alpha value is -2.06. The van der Waals surface area contributed by atoms with Crippen molar-refractivity contribution in [3.05, 3.63) is 41.5 Å². The monoisotopic (exact) mass is 293 g/mol. The zero-order valence-corrected chi connectivity index (χ0v) is 11.7. The zero-order valence-electron chi connectivity index (χ0n) is 10.9. The predicted molar refractivity (Wildman–Crippen MR) is 74.0 cm³/mol. The van der Waals surface area contributed by atoms with Crippen molar-refractivity contribution in [2.75, 3.05) is 5.88 Å². The summed E-state index contributed by atoms with van der Waals surface area (Å²) in [6.45, 7) is 0.254. The van der Waals surface area contributed by atoms with Crippen molar-refractivity contribution in [3.63, 3.8) is 0 Å². The summed E-state index contributed by atoms with van der Waals surface area (Å²) < 4.78 is 20.4. The molecule has 6 heteroatoms. The van der Waals surface area contributed by atoms with Crippen LogP contribution in [-0.4, -0.2) is 20.9 Å². The molecule has 0 saturated heterocycles. The number of halogens is 2. The van der Waals surface area contributed by atoms with Gasteiger partial charge >= 0.3 is 0 Å². The molecule has 4 nitrogen and oxygen atoms in total. The first-order valence-corrected chi connectivity index (χ1v) is 6.55. The van der Waals surface area contributed by atoms with E-state index in [1.807, 2.05) is 0 Å². The van der Waals surface area contributed by atoms with Crippen molar-refractivity contribution in [2.24, 2.45) is 7.05 Å². The van der Waals surface area contributed by atoms with Crippen LogP contribution in [0.15, 0.2) is 24.4 Å². The lowest BCUT2D eigenvalue weighted by atomic mass is 10.2. The van der Waals surface area contributed by atoms with Gasteiger partial charge in [-0.3, -0.25) is 4.68 Å². The molecule has 0 N–H and O–H groups in total. The molecule has 0 radical (unpaired) electrons. The molecule has 2 aromatic rings. The van der Waals surface area contributed by atoms with E-state index in [2.05, 4.69) is 22.2 Å². The van der Waals surface area contributed by atoms with Crippen LogP contribution in [0, 0.1) is 17.7 Å². The van der Waals surface area contributed by atoms with Gasteiger partial charge in [0.2, 0.25) is 0 Å². The SMILES string of the molecule is Cn1cc(COc2ccc(F)cc2C#CCCCl)nn1. The van der Waals surface area contributed by atoms with E-state index in [1.54, 1.807) is 24.0 Å². The third kappa shape index (κ3) is 3.97. The second-order valence-electron chi connectivity index (χ2n) is 4.05. The maximum absolute atomic E-state index is 13.2. The number of aryl methyl sites for hydroxylation is 1. The second-order valence-corrected chi connectivity index (χ2v) is 4.43. The fraction of sp³-hybridized carbons (Fsp3) is 0.286. The van der Waals surface area contributed by atoms with Gasteiger partial charge in [0, 0.05) is 19.3 Å². The molecule has 0 bridgehead atoms. The van der Waals surface area contributed by atoms with E-state index >= 15 is 0 Å². The van der Waals surface area contributed by atoms with Gasteiger partial charge in [-0.1, -0.05) is 17.1 Å². The molecule has 0 aliphatic rings. The van der Waals surface area contributed by atoms with Crippen LogP contribution in [0.5, 0.6) is 5.75 Å². The summed E-state index contributed by atoms with van der Waals surface area (Å²) in [4.78, 5) is 0. The Morgan fingerprint density at radius 2 is 2.30 bits per heavy atom. The van der Waals surface area contributed by atoms with Gasteiger partial charge in [0.15, 0.2) is 0 Å². The molecular weight excluding hydrogens is 281 g/mol. The fourth-order valence-electron chi connectivity index (χ4n) is 1.54. The summed E-state index contributed by atoms with van der Waals surface area (Å²) >= 11 is 5.56. The van der Waals surface area contributed by atoms with Gasteiger partial charge in [-0.25, -0.2) is 4.39 Å². The predicted octanol–water partition coefficient (Wildman–Crippen LogP) is 2.51. The molecule has 0 aliphatic carbocycles. The number of aromatic nitrogens is 3. The molecule has 1 aromatic carbocycles. The molecule has 0 spiro atoms. The second kappa shape index (κ2) is 6.92. The highest BCUT2D eigenvalue weighted by molar-refractivity contribution is 6.18. The Labute approximate surface area is 121 Å². The number of rotatable bonds is 4. The number of hydrogen-bond donors (Lipinski definition) is 0. The Kier molecular flexibility index (Phi) is 4.97. The lowest BCUT2D eigenvalue weighted by Gasteiger charge is -2.06. The van der Waals surface area contributed by atoms with E-state index in [4.69, 9.17) is 16.3 Å². The minimum atomic E-state index is -0.355.